The van der Waals surface area contributed by atoms with Crippen LogP contribution in [0.2, 0.25) is 5.02 Å². The maximum Gasteiger partial charge on any atom is 0.0441 e. The quantitative estimate of drug-likeness (QED) is 0.682. The van der Waals surface area contributed by atoms with E-state index < -0.39 is 0 Å². The molecule has 0 saturated heterocycles. The lowest BCUT2D eigenvalue weighted by molar-refractivity contribution is 1.06. The van der Waals surface area contributed by atoms with Gasteiger partial charge in [0.05, 0.1) is 0 Å². The van der Waals surface area contributed by atoms with Gasteiger partial charge in [0, 0.05) is 5.02 Å². The minimum atomic E-state index is 0.855. The predicted molar refractivity (Wildman–Crippen MR) is 81.4 cm³/mol. The van der Waals surface area contributed by atoms with Crippen LogP contribution in [0.4, 0.5) is 0 Å². The van der Waals surface area contributed by atoms with E-state index in [9.17, 15) is 0 Å². The molecule has 18 heavy (non-hydrogen) atoms. The standard InChI is InChI=1S/C15H15Cl.C2H6/c1-2-12-7-3-4-8-13(12)11-14-9-5-6-10-15(14)16;1-2/h3-10H,2,11H2,1H3;1-2H3. The van der Waals surface area contributed by atoms with Gasteiger partial charge in [0.25, 0.3) is 0 Å². The van der Waals surface area contributed by atoms with Gasteiger partial charge in [-0.05, 0) is 35.6 Å². The molecule has 0 amide bonds. The third kappa shape index (κ3) is 3.89. The smallest absolute Gasteiger partial charge is 0.0441 e. The molecule has 0 radical (unpaired) electrons. The highest BCUT2D eigenvalue weighted by Gasteiger charge is 2.03. The molecule has 0 bridgehead atoms. The van der Waals surface area contributed by atoms with Crippen LogP contribution < -0.4 is 0 Å². The molecule has 0 aliphatic heterocycles. The first-order chi connectivity index (χ1) is 8.81. The van der Waals surface area contributed by atoms with E-state index in [0.29, 0.717) is 0 Å². The molecule has 0 atom stereocenters. The highest BCUT2D eigenvalue weighted by Crippen LogP contribution is 2.21. The van der Waals surface area contributed by atoms with Crippen molar-refractivity contribution in [3.8, 4) is 0 Å². The van der Waals surface area contributed by atoms with Gasteiger partial charge >= 0.3 is 0 Å². The third-order valence-corrected chi connectivity index (χ3v) is 3.21. The molecule has 1 heteroatoms. The summed E-state index contributed by atoms with van der Waals surface area (Å²) in [4.78, 5) is 0. The highest BCUT2D eigenvalue weighted by molar-refractivity contribution is 6.31. The van der Waals surface area contributed by atoms with E-state index >= 15 is 0 Å². The van der Waals surface area contributed by atoms with Crippen molar-refractivity contribution in [2.45, 2.75) is 33.6 Å². The van der Waals surface area contributed by atoms with Crippen LogP contribution in [-0.4, -0.2) is 0 Å². The molecule has 2 aromatic carbocycles. The molecule has 0 spiro atoms. The predicted octanol–water partition coefficient (Wildman–Crippen LogP) is 5.52. The maximum absolute atomic E-state index is 6.17. The van der Waals surface area contributed by atoms with Crippen LogP contribution in [0.25, 0.3) is 0 Å². The van der Waals surface area contributed by atoms with Gasteiger partial charge < -0.3 is 0 Å². The molecular weight excluding hydrogens is 240 g/mol. The van der Waals surface area contributed by atoms with Crippen LogP contribution >= 0.6 is 11.6 Å². The van der Waals surface area contributed by atoms with Crippen LogP contribution in [0.15, 0.2) is 48.5 Å². The van der Waals surface area contributed by atoms with Crippen molar-refractivity contribution >= 4 is 11.6 Å². The lowest BCUT2D eigenvalue weighted by Gasteiger charge is -2.08. The van der Waals surface area contributed by atoms with Crippen LogP contribution in [-0.2, 0) is 12.8 Å². The van der Waals surface area contributed by atoms with Gasteiger partial charge in [-0.25, -0.2) is 0 Å². The van der Waals surface area contributed by atoms with Crippen molar-refractivity contribution in [1.29, 1.82) is 0 Å². The largest absolute Gasteiger partial charge is 0.0840 e. The second-order valence-corrected chi connectivity index (χ2v) is 4.30. The first kappa shape index (κ1) is 14.8. The normalized spacial score (nSPS) is 9.56. The molecule has 0 heterocycles. The molecule has 0 N–H and O–H groups in total. The van der Waals surface area contributed by atoms with Crippen molar-refractivity contribution < 1.29 is 0 Å². The van der Waals surface area contributed by atoms with Crippen LogP contribution in [0.1, 0.15) is 37.5 Å². The average Bonchev–Trinajstić information content (AvgIpc) is 2.44. The van der Waals surface area contributed by atoms with Crippen LogP contribution in [0.5, 0.6) is 0 Å². The Morgan fingerprint density at radius 2 is 1.28 bits per heavy atom. The summed E-state index contributed by atoms with van der Waals surface area (Å²) in [5, 5.41) is 0.855. The molecule has 0 aliphatic rings. The van der Waals surface area contributed by atoms with Crippen molar-refractivity contribution in [2.75, 3.05) is 0 Å². The van der Waals surface area contributed by atoms with Gasteiger partial charge in [0.15, 0.2) is 0 Å². The molecule has 0 unspecified atom stereocenters. The summed E-state index contributed by atoms with van der Waals surface area (Å²) in [6.45, 7) is 6.19. The Kier molecular flexibility index (Phi) is 6.53. The second-order valence-electron chi connectivity index (χ2n) is 3.89. The van der Waals surface area contributed by atoms with Gasteiger partial charge in [-0.1, -0.05) is 74.8 Å². The molecule has 0 aromatic heterocycles. The summed E-state index contributed by atoms with van der Waals surface area (Å²) in [5.41, 5.74) is 3.98. The number of rotatable bonds is 3. The van der Waals surface area contributed by atoms with Gasteiger partial charge in [-0.2, -0.15) is 0 Å². The number of hydrogen-bond donors (Lipinski definition) is 0. The molecule has 0 nitrogen and oxygen atoms in total. The summed E-state index contributed by atoms with van der Waals surface area (Å²) < 4.78 is 0. The van der Waals surface area contributed by atoms with Crippen LogP contribution in [0.3, 0.4) is 0 Å². The lowest BCUT2D eigenvalue weighted by Crippen LogP contribution is -1.94. The Hall–Kier alpha value is -1.27. The number of halogens is 1. The fourth-order valence-electron chi connectivity index (χ4n) is 1.92. The van der Waals surface area contributed by atoms with E-state index in [1.165, 1.54) is 16.7 Å². The molecule has 96 valence electrons. The molecule has 0 saturated carbocycles. The van der Waals surface area contributed by atoms with Crippen molar-refractivity contribution in [2.24, 2.45) is 0 Å². The topological polar surface area (TPSA) is 0 Å². The molecule has 2 rings (SSSR count). The van der Waals surface area contributed by atoms with Crippen molar-refractivity contribution in [3.05, 3.63) is 70.2 Å². The summed E-state index contributed by atoms with van der Waals surface area (Å²) in [5.74, 6) is 0. The van der Waals surface area contributed by atoms with Crippen molar-refractivity contribution in [3.63, 3.8) is 0 Å². The van der Waals surface area contributed by atoms with Gasteiger partial charge in [-0.15, -0.1) is 0 Å². The summed E-state index contributed by atoms with van der Waals surface area (Å²) in [6, 6.07) is 16.6. The molecule has 2 aromatic rings. The molecule has 0 fully saturated rings. The third-order valence-electron chi connectivity index (χ3n) is 2.84. The Balaban J connectivity index is 0.000000771. The Morgan fingerprint density at radius 3 is 1.83 bits per heavy atom. The zero-order chi connectivity index (χ0) is 13.4. The zero-order valence-corrected chi connectivity index (χ0v) is 12.2. The Bertz CT molecular complexity index is 475. The monoisotopic (exact) mass is 260 g/mol. The fourth-order valence-corrected chi connectivity index (χ4v) is 2.12. The van der Waals surface area contributed by atoms with E-state index in [0.717, 1.165) is 17.9 Å². The van der Waals surface area contributed by atoms with E-state index in [1.807, 2.05) is 32.0 Å². The SMILES string of the molecule is CC.CCc1ccccc1Cc1ccccc1Cl. The van der Waals surface area contributed by atoms with E-state index in [2.05, 4.69) is 37.3 Å². The van der Waals surface area contributed by atoms with Gasteiger partial charge in [-0.3, -0.25) is 0 Å². The van der Waals surface area contributed by atoms with Crippen molar-refractivity contribution in [1.82, 2.24) is 0 Å². The van der Waals surface area contributed by atoms with E-state index in [-0.39, 0.29) is 0 Å². The first-order valence-corrected chi connectivity index (χ1v) is 6.99. The molecule has 0 aliphatic carbocycles. The first-order valence-electron chi connectivity index (χ1n) is 6.61. The number of hydrogen-bond acceptors (Lipinski definition) is 0. The minimum Gasteiger partial charge on any atom is -0.0840 e. The minimum absolute atomic E-state index is 0.855. The zero-order valence-electron chi connectivity index (χ0n) is 11.4. The summed E-state index contributed by atoms with van der Waals surface area (Å²) in [6.07, 6.45) is 1.99. The van der Waals surface area contributed by atoms with Crippen LogP contribution in [0, 0.1) is 0 Å². The second kappa shape index (κ2) is 7.94. The fraction of sp³-hybridized carbons (Fsp3) is 0.294. The summed E-state index contributed by atoms with van der Waals surface area (Å²) in [7, 11) is 0. The van der Waals surface area contributed by atoms with E-state index in [4.69, 9.17) is 11.6 Å². The highest BCUT2D eigenvalue weighted by atomic mass is 35.5. The van der Waals surface area contributed by atoms with E-state index in [1.54, 1.807) is 0 Å². The Morgan fingerprint density at radius 1 is 0.778 bits per heavy atom. The maximum atomic E-state index is 6.17. The van der Waals surface area contributed by atoms with Gasteiger partial charge in [0.2, 0.25) is 0 Å². The summed E-state index contributed by atoms with van der Waals surface area (Å²) >= 11 is 6.17. The average molecular weight is 261 g/mol. The molecular formula is C17H21Cl. The lowest BCUT2D eigenvalue weighted by atomic mass is 9.98. The Labute approximate surface area is 116 Å². The number of aryl methyl sites for hydroxylation is 1. The number of benzene rings is 2. The van der Waals surface area contributed by atoms with Gasteiger partial charge in [0.1, 0.15) is 0 Å².